The zero-order chi connectivity index (χ0) is 14.1. The Labute approximate surface area is 115 Å². The van der Waals surface area contributed by atoms with Crippen LogP contribution in [0.3, 0.4) is 0 Å². The van der Waals surface area contributed by atoms with E-state index in [1.165, 1.54) is 0 Å². The molecule has 0 saturated heterocycles. The summed E-state index contributed by atoms with van der Waals surface area (Å²) in [6.45, 7) is 4.86. The monoisotopic (exact) mass is 270 g/mol. The van der Waals surface area contributed by atoms with Crippen molar-refractivity contribution in [2.75, 3.05) is 46.5 Å². The molecule has 0 spiro atoms. The molecule has 5 heteroatoms. The Kier molecular flexibility index (Phi) is 7.70. The number of carbonyl (C=O) groups excluding carboxylic acids is 1. The summed E-state index contributed by atoms with van der Waals surface area (Å²) < 4.78 is 5.03. The van der Waals surface area contributed by atoms with Crippen LogP contribution in [0.25, 0.3) is 0 Å². The molecule has 1 aliphatic carbocycles. The van der Waals surface area contributed by atoms with Crippen LogP contribution >= 0.6 is 0 Å². The number of hydrogen-bond donors (Lipinski definition) is 1. The zero-order valence-electron chi connectivity index (χ0n) is 12.1. The van der Waals surface area contributed by atoms with Crippen LogP contribution in [0.5, 0.6) is 0 Å². The molecule has 1 aliphatic rings. The Hall–Kier alpha value is -0.910. The van der Waals surface area contributed by atoms with Crippen molar-refractivity contribution in [3.8, 4) is 0 Å². The van der Waals surface area contributed by atoms with Gasteiger partial charge in [0.1, 0.15) is 0 Å². The van der Waals surface area contributed by atoms with E-state index in [0.29, 0.717) is 32.8 Å². The van der Waals surface area contributed by atoms with Crippen molar-refractivity contribution in [3.63, 3.8) is 0 Å². The highest BCUT2D eigenvalue weighted by atomic mass is 16.5. The summed E-state index contributed by atoms with van der Waals surface area (Å²) in [5, 5.41) is 9.04. The number of amides is 1. The fraction of sp³-hybridized carbons (Fsp3) is 0.786. The van der Waals surface area contributed by atoms with E-state index < -0.39 is 0 Å². The molecule has 19 heavy (non-hydrogen) atoms. The van der Waals surface area contributed by atoms with Gasteiger partial charge in [0.15, 0.2) is 0 Å². The normalized spacial score (nSPS) is 14.8. The fourth-order valence-corrected chi connectivity index (χ4v) is 2.35. The SMILES string of the molecule is CCN(C(=O)CN(CCO)CCOC)C1=CCCC1. The largest absolute Gasteiger partial charge is 0.395 e. The molecule has 1 rings (SSSR count). The second-order valence-corrected chi connectivity index (χ2v) is 4.72. The molecule has 0 radical (unpaired) electrons. The number of nitrogens with zero attached hydrogens (tertiary/aromatic N) is 2. The van der Waals surface area contributed by atoms with E-state index in [1.54, 1.807) is 7.11 Å². The minimum atomic E-state index is 0.0613. The van der Waals surface area contributed by atoms with Gasteiger partial charge in [0.25, 0.3) is 0 Å². The van der Waals surface area contributed by atoms with Gasteiger partial charge in [-0.3, -0.25) is 9.69 Å². The fourth-order valence-electron chi connectivity index (χ4n) is 2.35. The number of methoxy groups -OCH3 is 1. The molecule has 5 nitrogen and oxygen atoms in total. The second kappa shape index (κ2) is 9.07. The third-order valence-corrected chi connectivity index (χ3v) is 3.37. The number of likely N-dealkylation sites (N-methyl/N-ethyl adjacent to an activating group) is 1. The van der Waals surface area contributed by atoms with E-state index >= 15 is 0 Å². The van der Waals surface area contributed by atoms with Gasteiger partial charge in [-0.2, -0.15) is 0 Å². The van der Waals surface area contributed by atoms with Crippen LogP contribution < -0.4 is 0 Å². The summed E-state index contributed by atoms with van der Waals surface area (Å²) >= 11 is 0. The summed E-state index contributed by atoms with van der Waals surface area (Å²) in [4.78, 5) is 16.1. The third-order valence-electron chi connectivity index (χ3n) is 3.37. The maximum absolute atomic E-state index is 12.3. The van der Waals surface area contributed by atoms with Gasteiger partial charge in [0.05, 0.1) is 19.8 Å². The molecule has 0 bridgehead atoms. The van der Waals surface area contributed by atoms with Gasteiger partial charge in [-0.25, -0.2) is 0 Å². The van der Waals surface area contributed by atoms with Crippen LogP contribution in [0.2, 0.25) is 0 Å². The van der Waals surface area contributed by atoms with Gasteiger partial charge in [0, 0.05) is 32.4 Å². The van der Waals surface area contributed by atoms with Gasteiger partial charge in [-0.15, -0.1) is 0 Å². The van der Waals surface area contributed by atoms with Crippen LogP contribution in [0.1, 0.15) is 26.2 Å². The van der Waals surface area contributed by atoms with E-state index in [0.717, 1.165) is 25.0 Å². The van der Waals surface area contributed by atoms with E-state index in [1.807, 2.05) is 16.7 Å². The Morgan fingerprint density at radius 2 is 2.26 bits per heavy atom. The topological polar surface area (TPSA) is 53.0 Å². The van der Waals surface area contributed by atoms with Gasteiger partial charge < -0.3 is 14.7 Å². The van der Waals surface area contributed by atoms with Crippen molar-refractivity contribution in [1.82, 2.24) is 9.80 Å². The number of allylic oxidation sites excluding steroid dienone is 2. The smallest absolute Gasteiger partial charge is 0.240 e. The van der Waals surface area contributed by atoms with Gasteiger partial charge in [-0.1, -0.05) is 6.08 Å². The molecule has 0 aromatic heterocycles. The lowest BCUT2D eigenvalue weighted by atomic mass is 10.3. The van der Waals surface area contributed by atoms with E-state index in [-0.39, 0.29) is 12.5 Å². The van der Waals surface area contributed by atoms with Crippen LogP contribution in [-0.4, -0.2) is 67.3 Å². The lowest BCUT2D eigenvalue weighted by Gasteiger charge is -2.27. The Morgan fingerprint density at radius 3 is 2.79 bits per heavy atom. The molecule has 110 valence electrons. The molecular formula is C14H26N2O3. The maximum Gasteiger partial charge on any atom is 0.240 e. The van der Waals surface area contributed by atoms with Gasteiger partial charge in [0.2, 0.25) is 5.91 Å². The highest BCUT2D eigenvalue weighted by molar-refractivity contribution is 5.80. The van der Waals surface area contributed by atoms with Crippen molar-refractivity contribution in [3.05, 3.63) is 11.8 Å². The lowest BCUT2D eigenvalue weighted by Crippen LogP contribution is -2.41. The van der Waals surface area contributed by atoms with Crippen molar-refractivity contribution >= 4 is 5.91 Å². The lowest BCUT2D eigenvalue weighted by molar-refractivity contribution is -0.130. The highest BCUT2D eigenvalue weighted by Crippen LogP contribution is 2.21. The van der Waals surface area contributed by atoms with Crippen molar-refractivity contribution < 1.29 is 14.6 Å². The minimum Gasteiger partial charge on any atom is -0.395 e. The molecule has 0 atom stereocenters. The molecule has 0 heterocycles. The molecule has 0 aliphatic heterocycles. The number of ether oxygens (including phenoxy) is 1. The Balaban J connectivity index is 2.52. The zero-order valence-corrected chi connectivity index (χ0v) is 12.1. The van der Waals surface area contributed by atoms with Crippen LogP contribution in [0, 0.1) is 0 Å². The molecule has 0 unspecified atom stereocenters. The van der Waals surface area contributed by atoms with Crippen molar-refractivity contribution in [2.45, 2.75) is 26.2 Å². The average Bonchev–Trinajstić information content (AvgIpc) is 2.91. The first-order valence-corrected chi connectivity index (χ1v) is 7.04. The summed E-state index contributed by atoms with van der Waals surface area (Å²) in [5.41, 5.74) is 1.16. The molecule has 1 N–H and O–H groups in total. The third kappa shape index (κ3) is 5.30. The number of carbonyl (C=O) groups is 1. The number of hydrogen-bond acceptors (Lipinski definition) is 4. The van der Waals surface area contributed by atoms with E-state index in [9.17, 15) is 4.79 Å². The number of rotatable bonds is 9. The van der Waals surface area contributed by atoms with Crippen LogP contribution in [-0.2, 0) is 9.53 Å². The van der Waals surface area contributed by atoms with E-state index in [2.05, 4.69) is 6.08 Å². The first-order valence-electron chi connectivity index (χ1n) is 7.04. The number of aliphatic hydroxyl groups excluding tert-OH is 1. The molecule has 1 amide bonds. The van der Waals surface area contributed by atoms with Crippen LogP contribution in [0.15, 0.2) is 11.8 Å². The minimum absolute atomic E-state index is 0.0613. The quantitative estimate of drug-likeness (QED) is 0.675. The summed E-state index contributed by atoms with van der Waals surface area (Å²) in [6.07, 6.45) is 5.37. The molecule has 0 saturated carbocycles. The Morgan fingerprint density at radius 1 is 1.47 bits per heavy atom. The van der Waals surface area contributed by atoms with Crippen molar-refractivity contribution in [1.29, 1.82) is 0 Å². The first-order chi connectivity index (χ1) is 9.22. The predicted octanol–water partition coefficient (Wildman–Crippen LogP) is 0.843. The van der Waals surface area contributed by atoms with Crippen molar-refractivity contribution in [2.24, 2.45) is 0 Å². The summed E-state index contributed by atoms with van der Waals surface area (Å²) in [5.74, 6) is 0.111. The summed E-state index contributed by atoms with van der Waals surface area (Å²) in [6, 6.07) is 0. The first kappa shape index (κ1) is 16.1. The molecule has 0 aromatic carbocycles. The molecule has 0 aromatic rings. The van der Waals surface area contributed by atoms with Gasteiger partial charge in [-0.05, 0) is 26.2 Å². The van der Waals surface area contributed by atoms with Crippen LogP contribution in [0.4, 0.5) is 0 Å². The molecule has 0 fully saturated rings. The summed E-state index contributed by atoms with van der Waals surface area (Å²) in [7, 11) is 1.64. The maximum atomic E-state index is 12.3. The predicted molar refractivity (Wildman–Crippen MR) is 74.7 cm³/mol. The average molecular weight is 270 g/mol. The second-order valence-electron chi connectivity index (χ2n) is 4.72. The van der Waals surface area contributed by atoms with E-state index in [4.69, 9.17) is 9.84 Å². The molecular weight excluding hydrogens is 244 g/mol. The standard InChI is InChI=1S/C14H26N2O3/c1-3-16(13-6-4-5-7-13)14(18)12-15(8-10-17)9-11-19-2/h6,17H,3-5,7-12H2,1-2H3. The van der Waals surface area contributed by atoms with Gasteiger partial charge >= 0.3 is 0 Å². The number of aliphatic hydroxyl groups is 1. The Bertz CT molecular complexity index is 305. The highest BCUT2D eigenvalue weighted by Gasteiger charge is 2.20.